The van der Waals surface area contributed by atoms with E-state index in [0.717, 1.165) is 6.42 Å². The zero-order chi connectivity index (χ0) is 24.2. The molecule has 3 aromatic rings. The van der Waals surface area contributed by atoms with Crippen LogP contribution in [0.15, 0.2) is 59.6 Å². The summed E-state index contributed by atoms with van der Waals surface area (Å²) in [4.78, 5) is 31.9. The maximum atomic E-state index is 13.2. The first kappa shape index (κ1) is 23.8. The number of Topliss-reactive ketones (excluding diaryl/α,β-unsaturated/α-hetero) is 1. The number of aliphatic hydroxyl groups excluding tert-OH is 1. The van der Waals surface area contributed by atoms with E-state index in [2.05, 4.69) is 4.98 Å². The van der Waals surface area contributed by atoms with Crippen molar-refractivity contribution < 1.29 is 24.2 Å². The number of thiazole rings is 1. The molecule has 9 heteroatoms. The van der Waals surface area contributed by atoms with Gasteiger partial charge in [0, 0.05) is 22.2 Å². The Bertz CT molecular complexity index is 1220. The molecule has 0 saturated carbocycles. The Hall–Kier alpha value is -3.36. The van der Waals surface area contributed by atoms with Crippen molar-refractivity contribution in [2.45, 2.75) is 26.3 Å². The summed E-state index contributed by atoms with van der Waals surface area (Å²) in [7, 11) is 0. The quantitative estimate of drug-likeness (QED) is 0.247. The molecule has 34 heavy (non-hydrogen) atoms. The number of nitrogens with zero attached hydrogens (tertiary/aromatic N) is 2. The molecule has 2 heterocycles. The molecule has 4 rings (SSSR count). The molecule has 0 bridgehead atoms. The maximum Gasteiger partial charge on any atom is 0.301 e. The molecule has 176 valence electrons. The number of benzene rings is 2. The molecule has 7 nitrogen and oxygen atoms in total. The summed E-state index contributed by atoms with van der Waals surface area (Å²) in [6.45, 7) is 4.79. The van der Waals surface area contributed by atoms with Crippen molar-refractivity contribution in [3.8, 4) is 11.5 Å². The number of aliphatic hydroxyl groups is 1. The highest BCUT2D eigenvalue weighted by molar-refractivity contribution is 7.14. The average Bonchev–Trinajstić information content (AvgIpc) is 3.45. The molecule has 1 amide bonds. The lowest BCUT2D eigenvalue weighted by molar-refractivity contribution is -0.132. The normalized spacial score (nSPS) is 17.3. The van der Waals surface area contributed by atoms with Crippen LogP contribution in [-0.2, 0) is 9.59 Å². The number of hydrogen-bond donors (Lipinski definition) is 1. The van der Waals surface area contributed by atoms with Gasteiger partial charge in [-0.1, -0.05) is 24.6 Å². The van der Waals surface area contributed by atoms with E-state index >= 15 is 0 Å². The molecule has 1 unspecified atom stereocenters. The van der Waals surface area contributed by atoms with Crippen molar-refractivity contribution in [3.05, 3.63) is 75.8 Å². The van der Waals surface area contributed by atoms with Crippen LogP contribution in [0.25, 0.3) is 5.76 Å². The number of carbonyl (C=O) groups excluding carboxylic acids is 2. The van der Waals surface area contributed by atoms with Crippen molar-refractivity contribution >= 4 is 45.5 Å². The van der Waals surface area contributed by atoms with Crippen LogP contribution >= 0.6 is 22.9 Å². The molecule has 1 aromatic heterocycles. The van der Waals surface area contributed by atoms with Gasteiger partial charge in [0.15, 0.2) is 16.6 Å². The SMILES string of the molecule is CCCOc1ccc(C2/C(=C(\O)c3ccc(Cl)cc3)C(=O)C(=O)N2c2nccs2)cc1OCC. The number of rotatable bonds is 8. The first-order chi connectivity index (χ1) is 16.5. The van der Waals surface area contributed by atoms with Crippen molar-refractivity contribution in [2.24, 2.45) is 0 Å². The van der Waals surface area contributed by atoms with Crippen molar-refractivity contribution in [1.82, 2.24) is 4.98 Å². The van der Waals surface area contributed by atoms with E-state index in [1.807, 2.05) is 13.8 Å². The number of amides is 1. The van der Waals surface area contributed by atoms with Gasteiger partial charge in [0.1, 0.15) is 5.76 Å². The summed E-state index contributed by atoms with van der Waals surface area (Å²) in [5.74, 6) is -0.791. The van der Waals surface area contributed by atoms with Gasteiger partial charge in [0.25, 0.3) is 5.78 Å². The molecule has 1 aliphatic heterocycles. The zero-order valence-electron chi connectivity index (χ0n) is 18.7. The summed E-state index contributed by atoms with van der Waals surface area (Å²) < 4.78 is 11.6. The lowest BCUT2D eigenvalue weighted by Crippen LogP contribution is -2.29. The molecule has 1 N–H and O–H groups in total. The van der Waals surface area contributed by atoms with Crippen LogP contribution in [0, 0.1) is 0 Å². The predicted octanol–water partition coefficient (Wildman–Crippen LogP) is 5.61. The second-order valence-electron chi connectivity index (χ2n) is 7.48. The average molecular weight is 499 g/mol. The molecule has 0 aliphatic carbocycles. The molecule has 1 fully saturated rings. The third-order valence-electron chi connectivity index (χ3n) is 5.23. The minimum absolute atomic E-state index is 0.0350. The van der Waals surface area contributed by atoms with Crippen molar-refractivity contribution in [3.63, 3.8) is 0 Å². The number of carbonyl (C=O) groups is 2. The predicted molar refractivity (Wildman–Crippen MR) is 132 cm³/mol. The first-order valence-electron chi connectivity index (χ1n) is 10.8. The summed E-state index contributed by atoms with van der Waals surface area (Å²) in [6.07, 6.45) is 2.39. The first-order valence-corrected chi connectivity index (χ1v) is 12.1. The molecular weight excluding hydrogens is 476 g/mol. The van der Waals surface area contributed by atoms with E-state index in [-0.39, 0.29) is 11.3 Å². The summed E-state index contributed by atoms with van der Waals surface area (Å²) in [5, 5.41) is 13.7. The summed E-state index contributed by atoms with van der Waals surface area (Å²) in [6, 6.07) is 10.8. The van der Waals surface area contributed by atoms with E-state index in [9.17, 15) is 14.7 Å². The zero-order valence-corrected chi connectivity index (χ0v) is 20.2. The van der Waals surface area contributed by atoms with Crippen LogP contribution in [0.1, 0.15) is 37.4 Å². The van der Waals surface area contributed by atoms with Crippen LogP contribution in [0.4, 0.5) is 5.13 Å². The topological polar surface area (TPSA) is 89.0 Å². The molecule has 1 aliphatic rings. The van der Waals surface area contributed by atoms with E-state index < -0.39 is 17.7 Å². The largest absolute Gasteiger partial charge is 0.507 e. The fourth-order valence-corrected chi connectivity index (χ4v) is 4.53. The van der Waals surface area contributed by atoms with Gasteiger partial charge < -0.3 is 14.6 Å². The second kappa shape index (κ2) is 10.3. The van der Waals surface area contributed by atoms with E-state index in [4.69, 9.17) is 21.1 Å². The van der Waals surface area contributed by atoms with Gasteiger partial charge >= 0.3 is 5.91 Å². The van der Waals surface area contributed by atoms with Gasteiger partial charge in [-0.3, -0.25) is 14.5 Å². The van der Waals surface area contributed by atoms with Crippen LogP contribution in [0.2, 0.25) is 5.02 Å². The lowest BCUT2D eigenvalue weighted by Gasteiger charge is -2.24. The number of halogens is 1. The summed E-state index contributed by atoms with van der Waals surface area (Å²) in [5.41, 5.74) is 0.920. The number of aromatic nitrogens is 1. The van der Waals surface area contributed by atoms with Gasteiger partial charge in [-0.15, -0.1) is 11.3 Å². The minimum Gasteiger partial charge on any atom is -0.507 e. The van der Waals surface area contributed by atoms with E-state index in [1.165, 1.54) is 16.2 Å². The van der Waals surface area contributed by atoms with Crippen molar-refractivity contribution in [2.75, 3.05) is 18.1 Å². The number of anilines is 1. The van der Waals surface area contributed by atoms with Gasteiger partial charge in [-0.2, -0.15) is 0 Å². The van der Waals surface area contributed by atoms with Crippen molar-refractivity contribution in [1.29, 1.82) is 0 Å². The highest BCUT2D eigenvalue weighted by Gasteiger charge is 2.48. The highest BCUT2D eigenvalue weighted by Crippen LogP contribution is 2.44. The second-order valence-corrected chi connectivity index (χ2v) is 8.79. The van der Waals surface area contributed by atoms with Crippen LogP contribution in [0.3, 0.4) is 0 Å². The third kappa shape index (κ3) is 4.51. The Labute approximate surface area is 206 Å². The fourth-order valence-electron chi connectivity index (χ4n) is 3.74. The van der Waals surface area contributed by atoms with E-state index in [0.29, 0.717) is 46.0 Å². The fraction of sp³-hybridized carbons (Fsp3) is 0.240. The third-order valence-corrected chi connectivity index (χ3v) is 6.26. The maximum absolute atomic E-state index is 13.2. The minimum atomic E-state index is -0.902. The van der Waals surface area contributed by atoms with Gasteiger partial charge in [0.2, 0.25) is 0 Å². The lowest BCUT2D eigenvalue weighted by atomic mass is 9.95. The number of ketones is 1. The Morgan fingerprint density at radius 1 is 1.12 bits per heavy atom. The van der Waals surface area contributed by atoms with E-state index in [1.54, 1.807) is 54.0 Å². The summed E-state index contributed by atoms with van der Waals surface area (Å²) >= 11 is 7.21. The smallest absolute Gasteiger partial charge is 0.301 e. The van der Waals surface area contributed by atoms with Gasteiger partial charge in [-0.05, 0) is 55.3 Å². The molecule has 1 atom stereocenters. The van der Waals surface area contributed by atoms with Crippen LogP contribution in [-0.4, -0.2) is 35.0 Å². The Morgan fingerprint density at radius 3 is 2.53 bits per heavy atom. The highest BCUT2D eigenvalue weighted by atomic mass is 35.5. The van der Waals surface area contributed by atoms with Crippen LogP contribution in [0.5, 0.6) is 11.5 Å². The van der Waals surface area contributed by atoms with Gasteiger partial charge in [-0.25, -0.2) is 4.98 Å². The van der Waals surface area contributed by atoms with Crippen LogP contribution < -0.4 is 14.4 Å². The Balaban J connectivity index is 1.89. The van der Waals surface area contributed by atoms with Gasteiger partial charge in [0.05, 0.1) is 24.8 Å². The molecule has 0 spiro atoms. The molecule has 2 aromatic carbocycles. The Morgan fingerprint density at radius 2 is 1.88 bits per heavy atom. The number of ether oxygens (including phenoxy) is 2. The molecule has 1 saturated heterocycles. The Kier molecular flexibility index (Phi) is 7.19. The molecular formula is C25H23ClN2O5S. The molecule has 0 radical (unpaired) electrons. The number of hydrogen-bond acceptors (Lipinski definition) is 7. The monoisotopic (exact) mass is 498 g/mol. The standard InChI is InChI=1S/C25H23ClN2O5S/c1-3-12-33-18-10-7-16(14-19(18)32-4-2)21-20(22(29)15-5-8-17(26)9-6-15)23(30)24(31)28(21)25-27-11-13-34-25/h5-11,13-14,21,29H,3-4,12H2,1-2H3/b22-20+.